The summed E-state index contributed by atoms with van der Waals surface area (Å²) in [7, 11) is 1.82. The molecule has 0 heterocycles. The van der Waals surface area contributed by atoms with Gasteiger partial charge in [-0.25, -0.2) is 4.79 Å². The number of carboxylic acids is 1. The Labute approximate surface area is 122 Å². The van der Waals surface area contributed by atoms with Crippen LogP contribution in [0.25, 0.3) is 0 Å². The van der Waals surface area contributed by atoms with E-state index in [9.17, 15) is 9.59 Å². The number of nitrogens with one attached hydrogen (secondary N) is 1. The van der Waals surface area contributed by atoms with E-state index in [-0.39, 0.29) is 18.5 Å². The third-order valence-electron chi connectivity index (χ3n) is 3.86. The summed E-state index contributed by atoms with van der Waals surface area (Å²) in [5.74, 6) is -0.384. The lowest BCUT2D eigenvalue weighted by atomic mass is 9.97. The molecule has 2 N–H and O–H groups in total. The molecule has 0 saturated heterocycles. The molecule has 5 heteroatoms. The lowest BCUT2D eigenvalue weighted by Gasteiger charge is -2.25. The zero-order valence-corrected chi connectivity index (χ0v) is 13.3. The van der Waals surface area contributed by atoms with E-state index >= 15 is 0 Å². The monoisotopic (exact) mass is 286 g/mol. The van der Waals surface area contributed by atoms with Crippen molar-refractivity contribution >= 4 is 12.0 Å². The number of carboxylic acid groups (broad SMARTS) is 1. The van der Waals surface area contributed by atoms with Gasteiger partial charge in [0.1, 0.15) is 0 Å². The van der Waals surface area contributed by atoms with E-state index in [0.717, 1.165) is 25.7 Å². The lowest BCUT2D eigenvalue weighted by molar-refractivity contribution is -0.137. The van der Waals surface area contributed by atoms with Crippen LogP contribution in [0.15, 0.2) is 0 Å². The summed E-state index contributed by atoms with van der Waals surface area (Å²) in [5.41, 5.74) is 0. The van der Waals surface area contributed by atoms with Crippen LogP contribution >= 0.6 is 0 Å². The van der Waals surface area contributed by atoms with Crippen LogP contribution in [0.5, 0.6) is 0 Å². The molecule has 5 nitrogen and oxygen atoms in total. The third kappa shape index (κ3) is 8.02. The zero-order valence-electron chi connectivity index (χ0n) is 13.3. The molecule has 0 spiro atoms. The van der Waals surface area contributed by atoms with E-state index in [1.54, 1.807) is 4.90 Å². The maximum Gasteiger partial charge on any atom is 0.317 e. The minimum absolute atomic E-state index is 0.0426. The number of hydrogen-bond donors (Lipinski definition) is 2. The molecule has 0 rings (SSSR count). The highest BCUT2D eigenvalue weighted by Crippen LogP contribution is 2.14. The molecule has 0 aliphatic rings. The SMILES string of the molecule is CCCC(C)N(C)C(=O)NCCC(CC)CCC(=O)O. The van der Waals surface area contributed by atoms with Gasteiger partial charge in [-0.2, -0.15) is 0 Å². The summed E-state index contributed by atoms with van der Waals surface area (Å²) < 4.78 is 0. The fourth-order valence-electron chi connectivity index (χ4n) is 2.20. The molecule has 0 radical (unpaired) electrons. The topological polar surface area (TPSA) is 69.6 Å². The Morgan fingerprint density at radius 2 is 1.85 bits per heavy atom. The number of hydrogen-bond acceptors (Lipinski definition) is 2. The molecule has 2 amide bonds. The Kier molecular flexibility index (Phi) is 9.86. The summed E-state index contributed by atoms with van der Waals surface area (Å²) in [6, 6.07) is 0.202. The van der Waals surface area contributed by atoms with Crippen molar-refractivity contribution < 1.29 is 14.7 Å². The highest BCUT2D eigenvalue weighted by Gasteiger charge is 2.15. The number of rotatable bonds is 10. The van der Waals surface area contributed by atoms with E-state index in [4.69, 9.17) is 5.11 Å². The Balaban J connectivity index is 3.96. The molecule has 0 aliphatic heterocycles. The average Bonchev–Trinajstić information content (AvgIpc) is 2.41. The Hall–Kier alpha value is -1.26. The molecule has 20 heavy (non-hydrogen) atoms. The van der Waals surface area contributed by atoms with Gasteiger partial charge in [-0.15, -0.1) is 0 Å². The summed E-state index contributed by atoms with van der Waals surface area (Å²) >= 11 is 0. The van der Waals surface area contributed by atoms with Gasteiger partial charge >= 0.3 is 12.0 Å². The molecule has 0 bridgehead atoms. The van der Waals surface area contributed by atoms with E-state index in [1.165, 1.54) is 0 Å². The smallest absolute Gasteiger partial charge is 0.317 e. The quantitative estimate of drug-likeness (QED) is 0.648. The molecule has 0 fully saturated rings. The molecule has 0 aromatic heterocycles. The Morgan fingerprint density at radius 3 is 2.35 bits per heavy atom. The van der Waals surface area contributed by atoms with Gasteiger partial charge in [-0.05, 0) is 32.1 Å². The average molecular weight is 286 g/mol. The highest BCUT2D eigenvalue weighted by atomic mass is 16.4. The van der Waals surface area contributed by atoms with Gasteiger partial charge in [0.2, 0.25) is 0 Å². The van der Waals surface area contributed by atoms with Crippen LogP contribution in [-0.4, -0.2) is 41.6 Å². The predicted octanol–water partition coefficient (Wildman–Crippen LogP) is 3.10. The highest BCUT2D eigenvalue weighted by molar-refractivity contribution is 5.74. The summed E-state index contributed by atoms with van der Waals surface area (Å²) in [5, 5.41) is 11.6. The van der Waals surface area contributed by atoms with Gasteiger partial charge < -0.3 is 15.3 Å². The minimum atomic E-state index is -0.749. The number of amides is 2. The van der Waals surface area contributed by atoms with Crippen LogP contribution in [0, 0.1) is 5.92 Å². The summed E-state index contributed by atoms with van der Waals surface area (Å²) in [6.07, 6.45) is 4.74. The van der Waals surface area contributed by atoms with E-state index in [2.05, 4.69) is 19.2 Å². The van der Waals surface area contributed by atoms with Crippen LogP contribution in [0.4, 0.5) is 4.79 Å². The molecule has 118 valence electrons. The van der Waals surface area contributed by atoms with Crippen molar-refractivity contribution in [2.24, 2.45) is 5.92 Å². The predicted molar refractivity (Wildman–Crippen MR) is 80.8 cm³/mol. The second kappa shape index (κ2) is 10.5. The first kappa shape index (κ1) is 18.7. The van der Waals surface area contributed by atoms with Crippen LogP contribution < -0.4 is 5.32 Å². The first-order valence-electron chi connectivity index (χ1n) is 7.64. The number of carbonyl (C=O) groups excluding carboxylic acids is 1. The van der Waals surface area contributed by atoms with Crippen LogP contribution in [-0.2, 0) is 4.79 Å². The Bertz CT molecular complexity index is 295. The van der Waals surface area contributed by atoms with E-state index in [1.807, 2.05) is 14.0 Å². The van der Waals surface area contributed by atoms with Gasteiger partial charge in [-0.1, -0.05) is 26.7 Å². The molecule has 0 saturated carbocycles. The van der Waals surface area contributed by atoms with Gasteiger partial charge in [0, 0.05) is 26.1 Å². The maximum atomic E-state index is 11.9. The van der Waals surface area contributed by atoms with Crippen molar-refractivity contribution in [3.05, 3.63) is 0 Å². The van der Waals surface area contributed by atoms with Crippen LogP contribution in [0.2, 0.25) is 0 Å². The lowest BCUT2D eigenvalue weighted by Crippen LogP contribution is -2.42. The van der Waals surface area contributed by atoms with E-state index < -0.39 is 5.97 Å². The van der Waals surface area contributed by atoms with Crippen LogP contribution in [0.3, 0.4) is 0 Å². The molecule has 0 aromatic rings. The molecular formula is C15H30N2O3. The van der Waals surface area contributed by atoms with Crippen molar-refractivity contribution in [1.82, 2.24) is 10.2 Å². The summed E-state index contributed by atoms with van der Waals surface area (Å²) in [6.45, 7) is 6.82. The van der Waals surface area contributed by atoms with Crippen molar-refractivity contribution in [2.45, 2.75) is 65.3 Å². The molecule has 0 aliphatic carbocycles. The van der Waals surface area contributed by atoms with Crippen molar-refractivity contribution in [3.63, 3.8) is 0 Å². The van der Waals surface area contributed by atoms with Gasteiger partial charge in [-0.3, -0.25) is 4.79 Å². The van der Waals surface area contributed by atoms with Gasteiger partial charge in [0.25, 0.3) is 0 Å². The van der Waals surface area contributed by atoms with Crippen molar-refractivity contribution in [3.8, 4) is 0 Å². The minimum Gasteiger partial charge on any atom is -0.481 e. The number of carbonyl (C=O) groups is 2. The fourth-order valence-corrected chi connectivity index (χ4v) is 2.20. The zero-order chi connectivity index (χ0) is 15.5. The van der Waals surface area contributed by atoms with Crippen LogP contribution in [0.1, 0.15) is 59.3 Å². The largest absolute Gasteiger partial charge is 0.481 e. The molecule has 2 atom stereocenters. The fraction of sp³-hybridized carbons (Fsp3) is 0.867. The van der Waals surface area contributed by atoms with Crippen molar-refractivity contribution in [1.29, 1.82) is 0 Å². The number of aliphatic carboxylic acids is 1. The standard InChI is InChI=1S/C15H30N2O3/c1-5-7-12(3)17(4)15(20)16-11-10-13(6-2)8-9-14(18)19/h12-13H,5-11H2,1-4H3,(H,16,20)(H,18,19). The van der Waals surface area contributed by atoms with Gasteiger partial charge in [0.05, 0.1) is 0 Å². The van der Waals surface area contributed by atoms with Crippen molar-refractivity contribution in [2.75, 3.05) is 13.6 Å². The van der Waals surface area contributed by atoms with E-state index in [0.29, 0.717) is 18.9 Å². The molecule has 0 aromatic carbocycles. The normalized spacial score (nSPS) is 13.6. The summed E-state index contributed by atoms with van der Waals surface area (Å²) in [4.78, 5) is 24.2. The second-order valence-electron chi connectivity index (χ2n) is 5.48. The van der Waals surface area contributed by atoms with Gasteiger partial charge in [0.15, 0.2) is 0 Å². The second-order valence-corrected chi connectivity index (χ2v) is 5.48. The first-order chi connectivity index (χ1) is 9.42. The Morgan fingerprint density at radius 1 is 1.20 bits per heavy atom. The molecule has 2 unspecified atom stereocenters. The molecular weight excluding hydrogens is 256 g/mol. The number of urea groups is 1. The maximum absolute atomic E-state index is 11.9. The third-order valence-corrected chi connectivity index (χ3v) is 3.86. The number of nitrogens with zero attached hydrogens (tertiary/aromatic N) is 1. The first-order valence-corrected chi connectivity index (χ1v) is 7.64.